The summed E-state index contributed by atoms with van der Waals surface area (Å²) in [5.74, 6) is 6.92. The zero-order valence-corrected chi connectivity index (χ0v) is 12.7. The minimum Gasteiger partial charge on any atom is -0.271 e. The van der Waals surface area contributed by atoms with E-state index >= 15 is 0 Å². The van der Waals surface area contributed by atoms with Gasteiger partial charge >= 0.3 is 0 Å². The molecule has 0 fully saturated rings. The molecule has 4 nitrogen and oxygen atoms in total. The van der Waals surface area contributed by atoms with Crippen LogP contribution in [0.1, 0.15) is 40.0 Å². The molecule has 3 N–H and O–H groups in total. The van der Waals surface area contributed by atoms with Gasteiger partial charge in [-0.15, -0.1) is 0 Å². The van der Waals surface area contributed by atoms with Crippen LogP contribution in [-0.4, -0.2) is 37.0 Å². The number of nitrogens with two attached hydrogens (primary N) is 1. The lowest BCUT2D eigenvalue weighted by Crippen LogP contribution is -2.37. The molecular formula is C11H26N2O2S2. The summed E-state index contributed by atoms with van der Waals surface area (Å²) >= 11 is 1.88. The molecular weight excluding hydrogens is 256 g/mol. The van der Waals surface area contributed by atoms with E-state index in [9.17, 15) is 8.42 Å². The fourth-order valence-electron chi connectivity index (χ4n) is 1.31. The molecule has 2 unspecified atom stereocenters. The van der Waals surface area contributed by atoms with E-state index in [1.54, 1.807) is 6.92 Å². The van der Waals surface area contributed by atoms with E-state index in [4.69, 9.17) is 5.84 Å². The number of hydrazine groups is 1. The molecule has 0 amide bonds. The molecule has 104 valence electrons. The molecule has 0 aliphatic heterocycles. The van der Waals surface area contributed by atoms with Gasteiger partial charge in [0.15, 0.2) is 0 Å². The van der Waals surface area contributed by atoms with E-state index in [-0.39, 0.29) is 17.5 Å². The van der Waals surface area contributed by atoms with Crippen molar-refractivity contribution in [1.82, 2.24) is 5.43 Å². The van der Waals surface area contributed by atoms with Crippen molar-refractivity contribution < 1.29 is 8.42 Å². The predicted octanol–water partition coefficient (Wildman–Crippen LogP) is 1.56. The number of rotatable bonds is 10. The molecule has 0 aliphatic rings. The summed E-state index contributed by atoms with van der Waals surface area (Å²) in [5.41, 5.74) is 2.77. The third-order valence-electron chi connectivity index (χ3n) is 2.84. The summed E-state index contributed by atoms with van der Waals surface area (Å²) in [4.78, 5) is 0. The monoisotopic (exact) mass is 282 g/mol. The van der Waals surface area contributed by atoms with E-state index in [1.165, 1.54) is 0 Å². The summed E-state index contributed by atoms with van der Waals surface area (Å²) in [5, 5.41) is 0.630. The van der Waals surface area contributed by atoms with Crippen molar-refractivity contribution in [3.8, 4) is 0 Å². The Bertz CT molecular complexity index is 281. The van der Waals surface area contributed by atoms with Gasteiger partial charge in [-0.1, -0.05) is 20.8 Å². The second-order valence-electron chi connectivity index (χ2n) is 4.29. The molecule has 0 saturated carbocycles. The Balaban J connectivity index is 3.83. The van der Waals surface area contributed by atoms with Crippen LogP contribution in [0.15, 0.2) is 0 Å². The third kappa shape index (κ3) is 8.88. The smallest absolute Gasteiger partial charge is 0.150 e. The molecule has 6 heteroatoms. The lowest BCUT2D eigenvalue weighted by atomic mass is 10.2. The predicted molar refractivity (Wildman–Crippen MR) is 76.9 cm³/mol. The van der Waals surface area contributed by atoms with Crippen LogP contribution in [0.5, 0.6) is 0 Å². The molecule has 17 heavy (non-hydrogen) atoms. The minimum atomic E-state index is -2.83. The maximum atomic E-state index is 11.3. The molecule has 0 aromatic carbocycles. The summed E-state index contributed by atoms with van der Waals surface area (Å²) in [7, 11) is -2.83. The van der Waals surface area contributed by atoms with Gasteiger partial charge in [-0.3, -0.25) is 11.3 Å². The fraction of sp³-hybridized carbons (Fsp3) is 1.00. The lowest BCUT2D eigenvalue weighted by molar-refractivity contribution is 0.527. The second kappa shape index (κ2) is 9.19. The first-order valence-corrected chi connectivity index (χ1v) is 9.10. The van der Waals surface area contributed by atoms with E-state index in [0.717, 1.165) is 18.6 Å². The zero-order chi connectivity index (χ0) is 13.3. The van der Waals surface area contributed by atoms with Crippen LogP contribution >= 0.6 is 11.8 Å². The Morgan fingerprint density at radius 1 is 1.35 bits per heavy atom. The first-order valence-electron chi connectivity index (χ1n) is 6.23. The molecule has 0 aromatic heterocycles. The van der Waals surface area contributed by atoms with Crippen LogP contribution in [0.4, 0.5) is 0 Å². The molecule has 0 aliphatic carbocycles. The number of thioether (sulfide) groups is 1. The molecule has 0 aromatic rings. The molecule has 0 saturated heterocycles. The molecule has 0 rings (SSSR count). The average molecular weight is 282 g/mol. The second-order valence-corrected chi connectivity index (χ2v) is 8.24. The maximum Gasteiger partial charge on any atom is 0.150 e. The van der Waals surface area contributed by atoms with Crippen molar-refractivity contribution in [3.05, 3.63) is 0 Å². The van der Waals surface area contributed by atoms with Gasteiger partial charge in [-0.25, -0.2) is 8.42 Å². The van der Waals surface area contributed by atoms with E-state index in [0.29, 0.717) is 11.7 Å². The normalized spacial score (nSPS) is 15.8. The molecule has 2 atom stereocenters. The minimum absolute atomic E-state index is 0.209. The summed E-state index contributed by atoms with van der Waals surface area (Å²) in [6.07, 6.45) is 2.65. The van der Waals surface area contributed by atoms with Gasteiger partial charge < -0.3 is 0 Å². The quantitative estimate of drug-likeness (QED) is 0.470. The highest BCUT2D eigenvalue weighted by Crippen LogP contribution is 2.16. The van der Waals surface area contributed by atoms with Crippen LogP contribution in [0, 0.1) is 0 Å². The first-order chi connectivity index (χ1) is 7.95. The lowest BCUT2D eigenvalue weighted by Gasteiger charge is -2.17. The van der Waals surface area contributed by atoms with Gasteiger partial charge in [-0.2, -0.15) is 11.8 Å². The zero-order valence-electron chi connectivity index (χ0n) is 11.1. The van der Waals surface area contributed by atoms with Gasteiger partial charge in [0.1, 0.15) is 9.84 Å². The Hall–Kier alpha value is 0.220. The van der Waals surface area contributed by atoms with Gasteiger partial charge in [-0.05, 0) is 19.3 Å². The Kier molecular flexibility index (Phi) is 9.31. The Morgan fingerprint density at radius 3 is 2.47 bits per heavy atom. The fourth-order valence-corrected chi connectivity index (χ4v) is 3.26. The van der Waals surface area contributed by atoms with Gasteiger partial charge in [0.05, 0.1) is 5.75 Å². The Morgan fingerprint density at radius 2 is 2.00 bits per heavy atom. The van der Waals surface area contributed by atoms with Gasteiger partial charge in [0.25, 0.3) is 0 Å². The SMILES string of the molecule is CCC(C)SCC(CCCS(=O)(=O)CC)NN. The third-order valence-corrected chi connectivity index (χ3v) is 6.13. The van der Waals surface area contributed by atoms with Crippen LogP contribution in [0.2, 0.25) is 0 Å². The highest BCUT2D eigenvalue weighted by Gasteiger charge is 2.12. The van der Waals surface area contributed by atoms with Gasteiger partial charge in [0.2, 0.25) is 0 Å². The standard InChI is InChI=1S/C11H26N2O2S2/c1-4-10(3)16-9-11(13-12)7-6-8-17(14,15)5-2/h10-11,13H,4-9,12H2,1-3H3. The maximum absolute atomic E-state index is 11.3. The average Bonchev–Trinajstić information content (AvgIpc) is 2.32. The van der Waals surface area contributed by atoms with Crippen molar-refractivity contribution in [3.63, 3.8) is 0 Å². The van der Waals surface area contributed by atoms with E-state index in [2.05, 4.69) is 19.3 Å². The summed E-state index contributed by atoms with van der Waals surface area (Å²) in [6, 6.07) is 0.209. The molecule has 0 spiro atoms. The number of nitrogens with one attached hydrogen (secondary N) is 1. The van der Waals surface area contributed by atoms with Crippen LogP contribution < -0.4 is 11.3 Å². The number of hydrogen-bond acceptors (Lipinski definition) is 5. The Labute approximate surface area is 110 Å². The van der Waals surface area contributed by atoms with Crippen molar-refractivity contribution in [2.24, 2.45) is 5.84 Å². The molecule has 0 radical (unpaired) electrons. The molecule has 0 bridgehead atoms. The van der Waals surface area contributed by atoms with E-state index < -0.39 is 9.84 Å². The first kappa shape index (κ1) is 17.2. The van der Waals surface area contributed by atoms with Gasteiger partial charge in [0, 0.05) is 22.8 Å². The molecule has 0 heterocycles. The topological polar surface area (TPSA) is 72.2 Å². The van der Waals surface area contributed by atoms with Crippen molar-refractivity contribution in [2.45, 2.75) is 51.3 Å². The van der Waals surface area contributed by atoms with Crippen LogP contribution in [0.25, 0.3) is 0 Å². The highest BCUT2D eigenvalue weighted by atomic mass is 32.2. The number of hydrogen-bond donors (Lipinski definition) is 2. The summed E-state index contributed by atoms with van der Waals surface area (Å²) in [6.45, 7) is 6.04. The highest BCUT2D eigenvalue weighted by molar-refractivity contribution is 7.99. The largest absolute Gasteiger partial charge is 0.271 e. The van der Waals surface area contributed by atoms with Crippen molar-refractivity contribution >= 4 is 21.6 Å². The van der Waals surface area contributed by atoms with Crippen molar-refractivity contribution in [1.29, 1.82) is 0 Å². The summed E-state index contributed by atoms with van der Waals surface area (Å²) < 4.78 is 22.6. The van der Waals surface area contributed by atoms with Crippen LogP contribution in [0.3, 0.4) is 0 Å². The number of sulfone groups is 1. The van der Waals surface area contributed by atoms with Crippen molar-refractivity contribution in [2.75, 3.05) is 17.3 Å². The van der Waals surface area contributed by atoms with Crippen LogP contribution in [-0.2, 0) is 9.84 Å². The van der Waals surface area contributed by atoms with E-state index in [1.807, 2.05) is 11.8 Å².